The van der Waals surface area contributed by atoms with Gasteiger partial charge in [0, 0.05) is 25.8 Å². The molecule has 8 heteroatoms. The van der Waals surface area contributed by atoms with Crippen molar-refractivity contribution in [1.29, 1.82) is 0 Å². The predicted octanol–water partition coefficient (Wildman–Crippen LogP) is 2.38. The Bertz CT molecular complexity index is 953. The minimum Gasteiger partial charge on any atom is -0.347 e. The molecule has 1 aromatic carbocycles. The number of nitrogens with two attached hydrogens (primary N) is 1. The molecule has 0 aliphatic carbocycles. The number of nitrogens with one attached hydrogen (secondary N) is 2. The van der Waals surface area contributed by atoms with Crippen LogP contribution in [0.15, 0.2) is 42.6 Å². The van der Waals surface area contributed by atoms with Crippen LogP contribution in [0, 0.1) is 0 Å². The number of amides is 1. The lowest BCUT2D eigenvalue weighted by Crippen LogP contribution is -2.36. The number of carbonyl (C=O) groups excluding carboxylic acids is 1. The molecule has 0 spiro atoms. The van der Waals surface area contributed by atoms with Crippen LogP contribution in [0.3, 0.4) is 0 Å². The van der Waals surface area contributed by atoms with E-state index in [9.17, 15) is 4.79 Å². The van der Waals surface area contributed by atoms with Gasteiger partial charge in [0.2, 0.25) is 0 Å². The predicted molar refractivity (Wildman–Crippen MR) is 113 cm³/mol. The number of pyridine rings is 1. The average Bonchev–Trinajstić information content (AvgIpc) is 3.08. The van der Waals surface area contributed by atoms with Gasteiger partial charge in [-0.25, -0.2) is 10.8 Å². The Morgan fingerprint density at radius 3 is 2.68 bits per heavy atom. The van der Waals surface area contributed by atoms with E-state index in [4.69, 9.17) is 17.4 Å². The summed E-state index contributed by atoms with van der Waals surface area (Å²) < 4.78 is 1.74. The number of likely N-dealkylation sites (N-methyl/N-ethyl adjacent to an activating group) is 1. The third-order valence-electron chi connectivity index (χ3n) is 4.53. The Morgan fingerprint density at radius 2 is 2.00 bits per heavy atom. The lowest BCUT2D eigenvalue weighted by atomic mass is 10.2. The molecule has 0 fully saturated rings. The highest BCUT2D eigenvalue weighted by Gasteiger charge is 2.18. The minimum absolute atomic E-state index is 0.176. The summed E-state index contributed by atoms with van der Waals surface area (Å²) in [5.41, 5.74) is 3.90. The number of halogens is 1. The lowest BCUT2D eigenvalue weighted by Gasteiger charge is -2.18. The number of hydrogen-bond donors (Lipinski definition) is 3. The van der Waals surface area contributed by atoms with Crippen molar-refractivity contribution in [2.24, 2.45) is 5.84 Å². The summed E-state index contributed by atoms with van der Waals surface area (Å²) in [6.07, 6.45) is 2.38. The Morgan fingerprint density at radius 1 is 1.25 bits per heavy atom. The zero-order chi connectivity index (χ0) is 20.1. The molecule has 2 aromatic heterocycles. The molecule has 0 unspecified atom stereocenters. The van der Waals surface area contributed by atoms with Crippen molar-refractivity contribution in [2.75, 3.05) is 25.1 Å². The Labute approximate surface area is 169 Å². The number of rotatable bonds is 8. The summed E-state index contributed by atoms with van der Waals surface area (Å²) in [6.45, 7) is 3.91. The molecular weight excluding hydrogens is 376 g/mol. The monoisotopic (exact) mass is 400 g/mol. The van der Waals surface area contributed by atoms with Crippen LogP contribution in [-0.4, -0.2) is 35.4 Å². The van der Waals surface area contributed by atoms with Crippen molar-refractivity contribution < 1.29 is 4.79 Å². The first-order valence-electron chi connectivity index (χ1n) is 9.24. The van der Waals surface area contributed by atoms with E-state index in [1.807, 2.05) is 44.3 Å². The van der Waals surface area contributed by atoms with Gasteiger partial charge in [-0.2, -0.15) is 0 Å². The molecule has 3 aromatic rings. The SMILES string of the molecule is CCc1nc2ccc(Cl)cn2c1C(=O)NCc1ccc(N(N)CCNC)cc1. The molecule has 0 saturated heterocycles. The Hall–Kier alpha value is -2.61. The number of hydrogen-bond acceptors (Lipinski definition) is 5. The molecule has 28 heavy (non-hydrogen) atoms. The van der Waals surface area contributed by atoms with E-state index >= 15 is 0 Å². The van der Waals surface area contributed by atoms with Gasteiger partial charge < -0.3 is 15.6 Å². The van der Waals surface area contributed by atoms with Crippen LogP contribution in [0.2, 0.25) is 5.02 Å². The van der Waals surface area contributed by atoms with Gasteiger partial charge in [0.25, 0.3) is 5.91 Å². The maximum absolute atomic E-state index is 12.8. The molecule has 7 nitrogen and oxygen atoms in total. The van der Waals surface area contributed by atoms with Crippen LogP contribution in [0.25, 0.3) is 5.65 Å². The molecule has 0 aliphatic rings. The number of imidazole rings is 1. The van der Waals surface area contributed by atoms with Gasteiger partial charge in [-0.3, -0.25) is 9.20 Å². The molecule has 148 valence electrons. The average molecular weight is 401 g/mol. The fourth-order valence-corrected chi connectivity index (χ4v) is 3.15. The molecule has 0 saturated carbocycles. The van der Waals surface area contributed by atoms with Crippen LogP contribution in [-0.2, 0) is 13.0 Å². The summed E-state index contributed by atoms with van der Waals surface area (Å²) in [7, 11) is 1.89. The first kappa shape index (κ1) is 20.1. The number of aryl methyl sites for hydroxylation is 1. The fraction of sp³-hybridized carbons (Fsp3) is 0.300. The second-order valence-electron chi connectivity index (χ2n) is 6.48. The quantitative estimate of drug-likeness (QED) is 0.399. The number of hydrazine groups is 1. The number of nitrogens with zero attached hydrogens (tertiary/aromatic N) is 3. The van der Waals surface area contributed by atoms with Gasteiger partial charge >= 0.3 is 0 Å². The maximum Gasteiger partial charge on any atom is 0.270 e. The van der Waals surface area contributed by atoms with E-state index < -0.39 is 0 Å². The summed E-state index contributed by atoms with van der Waals surface area (Å²) in [6, 6.07) is 11.4. The van der Waals surface area contributed by atoms with Gasteiger partial charge in [-0.15, -0.1) is 0 Å². The highest BCUT2D eigenvalue weighted by atomic mass is 35.5. The largest absolute Gasteiger partial charge is 0.347 e. The Kier molecular flexibility index (Phi) is 6.51. The van der Waals surface area contributed by atoms with E-state index in [0.29, 0.717) is 35.9 Å². The van der Waals surface area contributed by atoms with Crippen molar-refractivity contribution in [3.05, 3.63) is 64.6 Å². The number of fused-ring (bicyclic) bond motifs is 1. The fourth-order valence-electron chi connectivity index (χ4n) is 2.99. The van der Waals surface area contributed by atoms with Crippen LogP contribution in [0.5, 0.6) is 0 Å². The van der Waals surface area contributed by atoms with E-state index in [0.717, 1.165) is 23.5 Å². The number of benzene rings is 1. The molecule has 1 amide bonds. The van der Waals surface area contributed by atoms with Gasteiger partial charge in [-0.05, 0) is 43.3 Å². The zero-order valence-electron chi connectivity index (χ0n) is 16.1. The van der Waals surface area contributed by atoms with Gasteiger partial charge in [0.15, 0.2) is 0 Å². The smallest absolute Gasteiger partial charge is 0.270 e. The third-order valence-corrected chi connectivity index (χ3v) is 4.75. The molecule has 0 bridgehead atoms. The van der Waals surface area contributed by atoms with Crippen LogP contribution >= 0.6 is 11.6 Å². The highest BCUT2D eigenvalue weighted by molar-refractivity contribution is 6.30. The zero-order valence-corrected chi connectivity index (χ0v) is 16.8. The molecule has 4 N–H and O–H groups in total. The summed E-state index contributed by atoms with van der Waals surface area (Å²) in [4.78, 5) is 17.4. The van der Waals surface area contributed by atoms with Gasteiger partial charge in [-0.1, -0.05) is 30.7 Å². The number of anilines is 1. The van der Waals surface area contributed by atoms with Gasteiger partial charge in [0.1, 0.15) is 11.3 Å². The molecule has 0 radical (unpaired) electrons. The molecule has 0 aliphatic heterocycles. The first-order valence-corrected chi connectivity index (χ1v) is 9.61. The van der Waals surface area contributed by atoms with Crippen molar-refractivity contribution >= 4 is 28.8 Å². The maximum atomic E-state index is 12.8. The standard InChI is InChI=1S/C20H25ClN6O/c1-3-17-19(26-13-15(21)6-9-18(26)25-17)20(28)24-12-14-4-7-16(8-5-14)27(22)11-10-23-2/h4-9,13,23H,3,10-12,22H2,1-2H3,(H,24,28). The number of aromatic nitrogens is 2. The summed E-state index contributed by atoms with van der Waals surface area (Å²) in [5, 5.41) is 8.29. The van der Waals surface area contributed by atoms with Crippen molar-refractivity contribution in [3.8, 4) is 0 Å². The second kappa shape index (κ2) is 9.05. The minimum atomic E-state index is -0.176. The van der Waals surface area contributed by atoms with E-state index in [1.54, 1.807) is 21.7 Å². The second-order valence-corrected chi connectivity index (χ2v) is 6.92. The van der Waals surface area contributed by atoms with Crippen molar-refractivity contribution in [3.63, 3.8) is 0 Å². The van der Waals surface area contributed by atoms with Gasteiger partial charge in [0.05, 0.1) is 16.4 Å². The van der Waals surface area contributed by atoms with Crippen LogP contribution in [0.4, 0.5) is 5.69 Å². The molecule has 0 atom stereocenters. The van der Waals surface area contributed by atoms with E-state index in [2.05, 4.69) is 15.6 Å². The highest BCUT2D eigenvalue weighted by Crippen LogP contribution is 2.18. The lowest BCUT2D eigenvalue weighted by molar-refractivity contribution is 0.0944. The first-order chi connectivity index (χ1) is 13.5. The summed E-state index contributed by atoms with van der Waals surface area (Å²) in [5.74, 6) is 5.84. The molecule has 2 heterocycles. The van der Waals surface area contributed by atoms with Crippen LogP contribution < -0.4 is 21.5 Å². The number of carbonyl (C=O) groups is 1. The van der Waals surface area contributed by atoms with E-state index in [1.165, 1.54) is 0 Å². The molecular formula is C20H25ClN6O. The normalized spacial score (nSPS) is 11.0. The van der Waals surface area contributed by atoms with Crippen molar-refractivity contribution in [1.82, 2.24) is 20.0 Å². The van der Waals surface area contributed by atoms with Crippen LogP contribution in [0.1, 0.15) is 28.7 Å². The summed E-state index contributed by atoms with van der Waals surface area (Å²) >= 11 is 6.09. The Balaban J connectivity index is 1.71. The third kappa shape index (κ3) is 4.44. The topological polar surface area (TPSA) is 87.7 Å². The van der Waals surface area contributed by atoms with Crippen molar-refractivity contribution in [2.45, 2.75) is 19.9 Å². The molecule has 3 rings (SSSR count). The van der Waals surface area contributed by atoms with E-state index in [-0.39, 0.29) is 5.91 Å².